The minimum atomic E-state index is -0.0909. The molecule has 2 N–H and O–H groups in total. The van der Waals surface area contributed by atoms with Crippen LogP contribution in [-0.4, -0.2) is 23.2 Å². The molecule has 5 heteroatoms. The van der Waals surface area contributed by atoms with Gasteiger partial charge in [0.05, 0.1) is 13.5 Å². The summed E-state index contributed by atoms with van der Waals surface area (Å²) in [6.45, 7) is 3.95. The number of aryl methyl sites for hydroxylation is 2. The average Bonchev–Trinajstić information content (AvgIpc) is 2.95. The second-order valence-corrected chi connectivity index (χ2v) is 6.01. The fraction of sp³-hybridized carbons (Fsp3) is 0.200. The fourth-order valence-corrected chi connectivity index (χ4v) is 2.81. The van der Waals surface area contributed by atoms with Crippen LogP contribution in [-0.2, 0) is 11.2 Å². The molecule has 3 rings (SSSR count). The Morgan fingerprint density at radius 1 is 1.16 bits per heavy atom. The molecular weight excluding hydrogens is 314 g/mol. The van der Waals surface area contributed by atoms with Crippen LogP contribution in [0.2, 0.25) is 0 Å². The van der Waals surface area contributed by atoms with Crippen molar-refractivity contribution in [1.82, 2.24) is 10.2 Å². The van der Waals surface area contributed by atoms with Crippen molar-refractivity contribution < 1.29 is 9.53 Å². The Balaban J connectivity index is 1.80. The van der Waals surface area contributed by atoms with Crippen LogP contribution in [0.3, 0.4) is 0 Å². The first-order valence-corrected chi connectivity index (χ1v) is 8.11. The molecule has 5 nitrogen and oxygen atoms in total. The summed E-state index contributed by atoms with van der Waals surface area (Å²) in [5.41, 5.74) is 4.88. The van der Waals surface area contributed by atoms with E-state index in [-0.39, 0.29) is 5.91 Å². The largest absolute Gasteiger partial charge is 0.497 e. The molecule has 2 aromatic carbocycles. The fourth-order valence-electron chi connectivity index (χ4n) is 2.81. The number of benzene rings is 2. The smallest absolute Gasteiger partial charge is 0.230 e. The van der Waals surface area contributed by atoms with Gasteiger partial charge in [0.1, 0.15) is 5.75 Å². The van der Waals surface area contributed by atoms with Gasteiger partial charge in [-0.15, -0.1) is 0 Å². The van der Waals surface area contributed by atoms with E-state index in [2.05, 4.69) is 15.5 Å². The van der Waals surface area contributed by atoms with E-state index in [1.807, 2.05) is 62.4 Å². The summed E-state index contributed by atoms with van der Waals surface area (Å²) in [7, 11) is 1.63. The third-order valence-corrected chi connectivity index (χ3v) is 4.03. The normalized spacial score (nSPS) is 10.5. The SMILES string of the molecule is COc1ccc(-c2c(NC(=O)Cc3cccc(C)c3)n[nH]c2C)cc1. The van der Waals surface area contributed by atoms with Gasteiger partial charge in [0.25, 0.3) is 0 Å². The van der Waals surface area contributed by atoms with Crippen molar-refractivity contribution in [1.29, 1.82) is 0 Å². The number of methoxy groups -OCH3 is 1. The monoisotopic (exact) mass is 335 g/mol. The van der Waals surface area contributed by atoms with Gasteiger partial charge in [-0.1, -0.05) is 42.0 Å². The van der Waals surface area contributed by atoms with Crippen LogP contribution in [0.5, 0.6) is 5.75 Å². The van der Waals surface area contributed by atoms with Crippen molar-refractivity contribution >= 4 is 11.7 Å². The Morgan fingerprint density at radius 3 is 2.60 bits per heavy atom. The number of hydrogen-bond acceptors (Lipinski definition) is 3. The highest BCUT2D eigenvalue weighted by molar-refractivity contribution is 5.95. The summed E-state index contributed by atoms with van der Waals surface area (Å²) in [6.07, 6.45) is 0.315. The molecule has 0 bridgehead atoms. The summed E-state index contributed by atoms with van der Waals surface area (Å²) in [4.78, 5) is 12.4. The first-order valence-electron chi connectivity index (χ1n) is 8.11. The lowest BCUT2D eigenvalue weighted by Gasteiger charge is -2.08. The first-order chi connectivity index (χ1) is 12.1. The number of carbonyl (C=O) groups excluding carboxylic acids is 1. The van der Waals surface area contributed by atoms with Gasteiger partial charge in [-0.05, 0) is 37.1 Å². The predicted octanol–water partition coefficient (Wildman–Crippen LogP) is 3.88. The molecule has 0 fully saturated rings. The maximum Gasteiger partial charge on any atom is 0.230 e. The highest BCUT2D eigenvalue weighted by Crippen LogP contribution is 2.30. The maximum absolute atomic E-state index is 12.4. The molecule has 0 aliphatic carbocycles. The third-order valence-electron chi connectivity index (χ3n) is 4.03. The van der Waals surface area contributed by atoms with Gasteiger partial charge in [-0.25, -0.2) is 0 Å². The number of nitrogens with zero attached hydrogens (tertiary/aromatic N) is 1. The maximum atomic E-state index is 12.4. The van der Waals surface area contributed by atoms with Crippen LogP contribution < -0.4 is 10.1 Å². The lowest BCUT2D eigenvalue weighted by atomic mass is 10.1. The van der Waals surface area contributed by atoms with E-state index < -0.39 is 0 Å². The lowest BCUT2D eigenvalue weighted by Crippen LogP contribution is -2.15. The van der Waals surface area contributed by atoms with Gasteiger partial charge >= 0.3 is 0 Å². The van der Waals surface area contributed by atoms with Gasteiger partial charge in [-0.2, -0.15) is 5.10 Å². The molecule has 25 heavy (non-hydrogen) atoms. The molecule has 0 spiro atoms. The zero-order chi connectivity index (χ0) is 17.8. The van der Waals surface area contributed by atoms with Crippen molar-refractivity contribution in [3.05, 3.63) is 65.4 Å². The minimum Gasteiger partial charge on any atom is -0.497 e. The number of hydrogen-bond donors (Lipinski definition) is 2. The van der Waals surface area contributed by atoms with Crippen molar-refractivity contribution in [3.63, 3.8) is 0 Å². The first kappa shape index (κ1) is 16.8. The number of anilines is 1. The van der Waals surface area contributed by atoms with Gasteiger partial charge in [0.15, 0.2) is 5.82 Å². The van der Waals surface area contributed by atoms with Gasteiger partial charge in [0, 0.05) is 11.3 Å². The molecule has 1 heterocycles. The van der Waals surface area contributed by atoms with E-state index in [9.17, 15) is 4.79 Å². The summed E-state index contributed by atoms with van der Waals surface area (Å²) >= 11 is 0. The number of nitrogens with one attached hydrogen (secondary N) is 2. The number of aromatic amines is 1. The molecule has 128 valence electrons. The molecule has 3 aromatic rings. The molecule has 0 saturated carbocycles. The number of H-pyrrole nitrogens is 1. The number of carbonyl (C=O) groups is 1. The Morgan fingerprint density at radius 2 is 1.92 bits per heavy atom. The third kappa shape index (κ3) is 3.88. The number of aromatic nitrogens is 2. The second-order valence-electron chi connectivity index (χ2n) is 6.01. The number of amides is 1. The lowest BCUT2D eigenvalue weighted by molar-refractivity contribution is -0.115. The van der Waals surface area contributed by atoms with Crippen LogP contribution in [0.15, 0.2) is 48.5 Å². The van der Waals surface area contributed by atoms with Gasteiger partial charge in [-0.3, -0.25) is 9.89 Å². The Labute approximate surface area is 147 Å². The number of ether oxygens (including phenoxy) is 1. The molecule has 1 aromatic heterocycles. The van der Waals surface area contributed by atoms with E-state index in [0.29, 0.717) is 12.2 Å². The molecule has 0 atom stereocenters. The zero-order valence-corrected chi connectivity index (χ0v) is 14.6. The van der Waals surface area contributed by atoms with Crippen LogP contribution in [0, 0.1) is 13.8 Å². The summed E-state index contributed by atoms with van der Waals surface area (Å²) in [5, 5.41) is 10.1. The quantitative estimate of drug-likeness (QED) is 0.743. The van der Waals surface area contributed by atoms with E-state index in [4.69, 9.17) is 4.74 Å². The van der Waals surface area contributed by atoms with Crippen molar-refractivity contribution in [3.8, 4) is 16.9 Å². The highest BCUT2D eigenvalue weighted by Gasteiger charge is 2.15. The topological polar surface area (TPSA) is 67.0 Å². The van der Waals surface area contributed by atoms with E-state index >= 15 is 0 Å². The second kappa shape index (κ2) is 7.21. The molecule has 0 aliphatic heterocycles. The summed E-state index contributed by atoms with van der Waals surface area (Å²) < 4.78 is 5.19. The van der Waals surface area contributed by atoms with E-state index in [0.717, 1.165) is 33.7 Å². The molecule has 0 aliphatic rings. The zero-order valence-electron chi connectivity index (χ0n) is 14.6. The van der Waals surface area contributed by atoms with Crippen molar-refractivity contribution in [2.24, 2.45) is 0 Å². The Hall–Kier alpha value is -3.08. The standard InChI is InChI=1S/C20H21N3O2/c1-13-5-4-6-15(11-13)12-18(24)21-20-19(14(2)22-23-20)16-7-9-17(25-3)10-8-16/h4-11H,12H2,1-3H3,(H2,21,22,23,24). The number of rotatable bonds is 5. The van der Waals surface area contributed by atoms with E-state index in [1.165, 1.54) is 0 Å². The molecular formula is C20H21N3O2. The minimum absolute atomic E-state index is 0.0909. The summed E-state index contributed by atoms with van der Waals surface area (Å²) in [5.74, 6) is 1.24. The molecule has 0 radical (unpaired) electrons. The Kier molecular flexibility index (Phi) is 4.84. The van der Waals surface area contributed by atoms with Crippen LogP contribution >= 0.6 is 0 Å². The van der Waals surface area contributed by atoms with Gasteiger partial charge in [0.2, 0.25) is 5.91 Å². The van der Waals surface area contributed by atoms with E-state index in [1.54, 1.807) is 7.11 Å². The van der Waals surface area contributed by atoms with Gasteiger partial charge < -0.3 is 10.1 Å². The highest BCUT2D eigenvalue weighted by atomic mass is 16.5. The summed E-state index contributed by atoms with van der Waals surface area (Å²) in [6, 6.07) is 15.6. The molecule has 1 amide bonds. The predicted molar refractivity (Wildman–Crippen MR) is 98.8 cm³/mol. The van der Waals surface area contributed by atoms with Crippen LogP contribution in [0.4, 0.5) is 5.82 Å². The average molecular weight is 335 g/mol. The van der Waals surface area contributed by atoms with Crippen LogP contribution in [0.1, 0.15) is 16.8 Å². The van der Waals surface area contributed by atoms with Crippen molar-refractivity contribution in [2.75, 3.05) is 12.4 Å². The van der Waals surface area contributed by atoms with Crippen molar-refractivity contribution in [2.45, 2.75) is 20.3 Å². The van der Waals surface area contributed by atoms with Crippen LogP contribution in [0.25, 0.3) is 11.1 Å². The Bertz CT molecular complexity index is 882. The molecule has 0 saturated heterocycles. The molecule has 0 unspecified atom stereocenters.